The lowest BCUT2D eigenvalue weighted by Crippen LogP contribution is -2.07. The maximum atomic E-state index is 5.67. The van der Waals surface area contributed by atoms with Crippen LogP contribution in [0.2, 0.25) is 0 Å². The summed E-state index contributed by atoms with van der Waals surface area (Å²) >= 11 is 0. The zero-order valence-electron chi connectivity index (χ0n) is 7.12. The van der Waals surface area contributed by atoms with E-state index in [0.29, 0.717) is 5.69 Å². The lowest BCUT2D eigenvalue weighted by Gasteiger charge is -1.97. The molecule has 0 unspecified atom stereocenters. The predicted octanol–water partition coefficient (Wildman–Crippen LogP) is 1.19. The number of nitrogens with zero attached hydrogens (tertiary/aromatic N) is 1. The molecule has 1 aromatic carbocycles. The van der Waals surface area contributed by atoms with Crippen LogP contribution < -0.4 is 11.1 Å². The predicted molar refractivity (Wildman–Crippen MR) is 52.9 cm³/mol. The van der Waals surface area contributed by atoms with Crippen molar-refractivity contribution in [2.24, 2.45) is 4.99 Å². The SMILES string of the molecule is CNCC=Nc1ccccc1N. The summed E-state index contributed by atoms with van der Waals surface area (Å²) in [5.41, 5.74) is 7.21. The second-order valence-corrected chi connectivity index (χ2v) is 2.43. The summed E-state index contributed by atoms with van der Waals surface area (Å²) in [5, 5.41) is 2.97. The number of aliphatic imine (C=N–C) groups is 1. The average molecular weight is 163 g/mol. The number of para-hydroxylation sites is 2. The van der Waals surface area contributed by atoms with E-state index in [1.807, 2.05) is 31.3 Å². The van der Waals surface area contributed by atoms with Gasteiger partial charge in [0, 0.05) is 12.8 Å². The Labute approximate surface area is 72.3 Å². The lowest BCUT2D eigenvalue weighted by atomic mass is 10.3. The smallest absolute Gasteiger partial charge is 0.0855 e. The van der Waals surface area contributed by atoms with Crippen molar-refractivity contribution in [3.8, 4) is 0 Å². The van der Waals surface area contributed by atoms with E-state index in [4.69, 9.17) is 5.73 Å². The molecule has 0 bridgehead atoms. The third-order valence-electron chi connectivity index (χ3n) is 1.46. The largest absolute Gasteiger partial charge is 0.397 e. The molecule has 0 aliphatic heterocycles. The minimum atomic E-state index is 0.713. The number of anilines is 1. The van der Waals surface area contributed by atoms with E-state index in [0.717, 1.165) is 12.2 Å². The van der Waals surface area contributed by atoms with Gasteiger partial charge in [-0.2, -0.15) is 0 Å². The highest BCUT2D eigenvalue weighted by Gasteiger charge is 1.90. The van der Waals surface area contributed by atoms with Crippen molar-refractivity contribution in [3.63, 3.8) is 0 Å². The van der Waals surface area contributed by atoms with Crippen LogP contribution in [0.1, 0.15) is 0 Å². The molecule has 3 heteroatoms. The molecule has 12 heavy (non-hydrogen) atoms. The Hall–Kier alpha value is -1.35. The second-order valence-electron chi connectivity index (χ2n) is 2.43. The van der Waals surface area contributed by atoms with Crippen LogP contribution in [-0.2, 0) is 0 Å². The lowest BCUT2D eigenvalue weighted by molar-refractivity contribution is 0.957. The highest BCUT2D eigenvalue weighted by atomic mass is 14.8. The van der Waals surface area contributed by atoms with Gasteiger partial charge in [0.1, 0.15) is 0 Å². The maximum Gasteiger partial charge on any atom is 0.0855 e. The van der Waals surface area contributed by atoms with Crippen molar-refractivity contribution in [2.75, 3.05) is 19.3 Å². The molecule has 0 saturated carbocycles. The van der Waals surface area contributed by atoms with E-state index in [1.165, 1.54) is 0 Å². The second kappa shape index (κ2) is 4.51. The molecule has 0 aromatic heterocycles. The minimum absolute atomic E-state index is 0.713. The molecule has 0 saturated heterocycles. The molecule has 1 rings (SSSR count). The van der Waals surface area contributed by atoms with Gasteiger partial charge in [-0.15, -0.1) is 0 Å². The first kappa shape index (κ1) is 8.74. The van der Waals surface area contributed by atoms with Crippen LogP contribution in [0.15, 0.2) is 29.3 Å². The monoisotopic (exact) mass is 163 g/mol. The number of hydrogen-bond donors (Lipinski definition) is 2. The molecule has 0 heterocycles. The van der Waals surface area contributed by atoms with Crippen molar-refractivity contribution in [3.05, 3.63) is 24.3 Å². The third-order valence-corrected chi connectivity index (χ3v) is 1.46. The first-order valence-electron chi connectivity index (χ1n) is 3.86. The van der Waals surface area contributed by atoms with Crippen LogP contribution >= 0.6 is 0 Å². The van der Waals surface area contributed by atoms with Gasteiger partial charge < -0.3 is 11.1 Å². The quantitative estimate of drug-likeness (QED) is 0.519. The molecule has 0 aliphatic carbocycles. The zero-order chi connectivity index (χ0) is 8.81. The van der Waals surface area contributed by atoms with Crippen LogP contribution in [-0.4, -0.2) is 19.8 Å². The molecule has 0 fully saturated rings. The Morgan fingerprint density at radius 1 is 1.50 bits per heavy atom. The third kappa shape index (κ3) is 2.36. The average Bonchev–Trinajstić information content (AvgIpc) is 2.09. The molecule has 0 spiro atoms. The molecular weight excluding hydrogens is 150 g/mol. The summed E-state index contributed by atoms with van der Waals surface area (Å²) in [6.07, 6.45) is 1.80. The number of hydrogen-bond acceptors (Lipinski definition) is 3. The molecule has 64 valence electrons. The van der Waals surface area contributed by atoms with Gasteiger partial charge in [-0.25, -0.2) is 0 Å². The molecule has 0 atom stereocenters. The summed E-state index contributed by atoms with van der Waals surface area (Å²) in [7, 11) is 1.88. The van der Waals surface area contributed by atoms with Crippen LogP contribution in [0.5, 0.6) is 0 Å². The van der Waals surface area contributed by atoms with Crippen LogP contribution in [0.4, 0.5) is 11.4 Å². The van der Waals surface area contributed by atoms with E-state index < -0.39 is 0 Å². The first-order chi connectivity index (χ1) is 5.84. The summed E-state index contributed by atoms with van der Waals surface area (Å²) in [4.78, 5) is 4.18. The highest BCUT2D eigenvalue weighted by Crippen LogP contribution is 2.19. The topological polar surface area (TPSA) is 50.4 Å². The molecule has 0 radical (unpaired) electrons. The minimum Gasteiger partial charge on any atom is -0.397 e. The van der Waals surface area contributed by atoms with Gasteiger partial charge in [-0.05, 0) is 19.2 Å². The fourth-order valence-electron chi connectivity index (χ4n) is 0.840. The van der Waals surface area contributed by atoms with Crippen molar-refractivity contribution < 1.29 is 0 Å². The Morgan fingerprint density at radius 3 is 2.92 bits per heavy atom. The van der Waals surface area contributed by atoms with Crippen molar-refractivity contribution >= 4 is 17.6 Å². The summed E-state index contributed by atoms with van der Waals surface area (Å²) in [6, 6.07) is 7.54. The number of nitrogens with two attached hydrogens (primary N) is 1. The Balaban J connectivity index is 2.68. The molecule has 3 N–H and O–H groups in total. The number of nitrogens with one attached hydrogen (secondary N) is 1. The summed E-state index contributed by atoms with van der Waals surface area (Å²) in [5.74, 6) is 0. The molecule has 0 amide bonds. The molecule has 0 aliphatic rings. The Morgan fingerprint density at radius 2 is 2.25 bits per heavy atom. The van der Waals surface area contributed by atoms with Crippen molar-refractivity contribution in [2.45, 2.75) is 0 Å². The van der Waals surface area contributed by atoms with Crippen molar-refractivity contribution in [1.29, 1.82) is 0 Å². The van der Waals surface area contributed by atoms with Gasteiger partial charge in [-0.3, -0.25) is 4.99 Å². The molecule has 1 aromatic rings. The van der Waals surface area contributed by atoms with Gasteiger partial charge in [0.2, 0.25) is 0 Å². The van der Waals surface area contributed by atoms with Crippen LogP contribution in [0.25, 0.3) is 0 Å². The molecular formula is C9H13N3. The number of rotatable bonds is 3. The summed E-state index contributed by atoms with van der Waals surface area (Å²) in [6.45, 7) is 0.758. The number of benzene rings is 1. The van der Waals surface area contributed by atoms with Crippen LogP contribution in [0.3, 0.4) is 0 Å². The van der Waals surface area contributed by atoms with Gasteiger partial charge >= 0.3 is 0 Å². The summed E-state index contributed by atoms with van der Waals surface area (Å²) < 4.78 is 0. The van der Waals surface area contributed by atoms with E-state index in [-0.39, 0.29) is 0 Å². The fourth-order valence-corrected chi connectivity index (χ4v) is 0.840. The van der Waals surface area contributed by atoms with Gasteiger partial charge in [0.05, 0.1) is 11.4 Å². The van der Waals surface area contributed by atoms with Crippen LogP contribution in [0, 0.1) is 0 Å². The normalized spacial score (nSPS) is 10.8. The Kier molecular flexibility index (Phi) is 3.29. The van der Waals surface area contributed by atoms with E-state index in [1.54, 1.807) is 6.21 Å². The number of nitrogen functional groups attached to an aromatic ring is 1. The van der Waals surface area contributed by atoms with Gasteiger partial charge in [-0.1, -0.05) is 12.1 Å². The Bertz CT molecular complexity index is 268. The van der Waals surface area contributed by atoms with Gasteiger partial charge in [0.15, 0.2) is 0 Å². The molecule has 3 nitrogen and oxygen atoms in total. The van der Waals surface area contributed by atoms with E-state index in [2.05, 4.69) is 10.3 Å². The standard InChI is InChI=1S/C9H13N3/c1-11-6-7-12-9-5-3-2-4-8(9)10/h2-5,7,11H,6,10H2,1H3. The van der Waals surface area contributed by atoms with Gasteiger partial charge in [0.25, 0.3) is 0 Å². The van der Waals surface area contributed by atoms with Crippen molar-refractivity contribution in [1.82, 2.24) is 5.32 Å². The van der Waals surface area contributed by atoms with E-state index >= 15 is 0 Å². The first-order valence-corrected chi connectivity index (χ1v) is 3.86. The maximum absolute atomic E-state index is 5.67. The zero-order valence-corrected chi connectivity index (χ0v) is 7.12. The van der Waals surface area contributed by atoms with E-state index in [9.17, 15) is 0 Å². The fraction of sp³-hybridized carbons (Fsp3) is 0.222. The highest BCUT2D eigenvalue weighted by molar-refractivity contribution is 5.71.